The molecule has 20 heteroatoms. The van der Waals surface area contributed by atoms with Crippen molar-refractivity contribution in [3.05, 3.63) is 61.2 Å². The smallest absolute Gasteiger partial charge is 0.272 e. The number of amides is 2. The molecule has 0 bridgehead atoms. The first-order chi connectivity index (χ1) is 28.0. The predicted octanol–water partition coefficient (Wildman–Crippen LogP) is 3.25. The highest BCUT2D eigenvalue weighted by Gasteiger charge is 2.44. The van der Waals surface area contributed by atoms with Crippen LogP contribution in [0.25, 0.3) is 34.0 Å². The van der Waals surface area contributed by atoms with Crippen LogP contribution in [0.5, 0.6) is 0 Å². The SMILES string of the molecule is CC1(F)CN(C2CCC(NC(=O)c3nc(-n4ccnc4)nc4cn[nH]c34)CC2)C1.CC1(F)CN(C2CCC(NC(=O)c3nc(-n4ccnc4)nc4cn[nH]c34)CC2)C1. The normalized spacial score (nSPS) is 24.3. The number of nitrogens with one attached hydrogen (secondary N) is 4. The van der Waals surface area contributed by atoms with Crippen molar-refractivity contribution in [2.75, 3.05) is 26.2 Å². The van der Waals surface area contributed by atoms with E-state index in [-0.39, 0.29) is 35.3 Å². The van der Waals surface area contributed by atoms with Crippen molar-refractivity contribution in [3.8, 4) is 11.9 Å². The highest BCUT2D eigenvalue weighted by molar-refractivity contribution is 6.03. The third-order valence-electron chi connectivity index (χ3n) is 11.7. The molecule has 4 fully saturated rings. The van der Waals surface area contributed by atoms with Crippen LogP contribution in [0, 0.1) is 0 Å². The minimum Gasteiger partial charge on any atom is -0.348 e. The fraction of sp³-hybridized carbons (Fsp3) is 0.526. The van der Waals surface area contributed by atoms with Gasteiger partial charge in [-0.15, -0.1) is 0 Å². The van der Waals surface area contributed by atoms with E-state index in [9.17, 15) is 18.4 Å². The summed E-state index contributed by atoms with van der Waals surface area (Å²) in [7, 11) is 0. The van der Waals surface area contributed by atoms with Crippen LogP contribution < -0.4 is 10.6 Å². The molecule has 0 aromatic carbocycles. The molecule has 2 aliphatic heterocycles. The van der Waals surface area contributed by atoms with Gasteiger partial charge in [-0.3, -0.25) is 38.7 Å². The van der Waals surface area contributed by atoms with Crippen molar-refractivity contribution >= 4 is 33.9 Å². The Kier molecular flexibility index (Phi) is 9.91. The van der Waals surface area contributed by atoms with Gasteiger partial charge < -0.3 is 10.6 Å². The molecule has 0 radical (unpaired) electrons. The molecule has 0 unspecified atom stereocenters. The van der Waals surface area contributed by atoms with E-state index in [2.05, 4.69) is 70.7 Å². The van der Waals surface area contributed by atoms with E-state index in [4.69, 9.17) is 0 Å². The van der Waals surface area contributed by atoms with Gasteiger partial charge in [-0.2, -0.15) is 10.2 Å². The third-order valence-corrected chi connectivity index (χ3v) is 11.7. The summed E-state index contributed by atoms with van der Waals surface area (Å²) in [6.07, 6.45) is 20.4. The predicted molar refractivity (Wildman–Crippen MR) is 207 cm³/mol. The number of rotatable bonds is 8. The number of nitrogens with zero attached hydrogens (tertiary/aromatic N) is 12. The second-order valence-electron chi connectivity index (χ2n) is 16.5. The molecular formula is C38H46F2N16O2. The average Bonchev–Trinajstić information content (AvgIpc) is 4.04. The minimum atomic E-state index is -1.04. The summed E-state index contributed by atoms with van der Waals surface area (Å²) < 4.78 is 30.8. The molecule has 0 atom stereocenters. The fourth-order valence-electron chi connectivity index (χ4n) is 8.77. The number of fused-ring (bicyclic) bond motifs is 2. The van der Waals surface area contributed by atoms with Crippen molar-refractivity contribution in [2.24, 2.45) is 0 Å². The molecule has 2 saturated carbocycles. The Labute approximate surface area is 331 Å². The van der Waals surface area contributed by atoms with Gasteiger partial charge in [0.25, 0.3) is 11.8 Å². The zero-order chi connectivity index (χ0) is 40.0. The van der Waals surface area contributed by atoms with Gasteiger partial charge in [-0.05, 0) is 65.2 Å². The van der Waals surface area contributed by atoms with Crippen LogP contribution in [-0.4, -0.2) is 143 Å². The maximum absolute atomic E-state index is 13.8. The molecule has 2 amide bonds. The van der Waals surface area contributed by atoms with E-state index in [0.717, 1.165) is 51.4 Å². The summed E-state index contributed by atoms with van der Waals surface area (Å²) in [5.74, 6) is 0.258. The van der Waals surface area contributed by atoms with Crippen molar-refractivity contribution in [3.63, 3.8) is 0 Å². The number of hydrogen-bond acceptors (Lipinski definition) is 12. The lowest BCUT2D eigenvalue weighted by Crippen LogP contribution is -2.61. The van der Waals surface area contributed by atoms with E-state index >= 15 is 0 Å². The Morgan fingerprint density at radius 1 is 0.638 bits per heavy atom. The van der Waals surface area contributed by atoms with Crippen LogP contribution in [0.15, 0.2) is 49.8 Å². The number of H-pyrrole nitrogens is 2. The number of carbonyl (C=O) groups excluding carboxylic acids is 2. The number of aromatic amines is 2. The Balaban J connectivity index is 0.000000150. The Morgan fingerprint density at radius 3 is 1.38 bits per heavy atom. The summed E-state index contributed by atoms with van der Waals surface area (Å²) in [5, 5.41) is 19.9. The number of alkyl halides is 2. The molecule has 6 aromatic rings. The average molecular weight is 797 g/mol. The van der Waals surface area contributed by atoms with Crippen LogP contribution >= 0.6 is 0 Å². The Morgan fingerprint density at radius 2 is 1.03 bits per heavy atom. The van der Waals surface area contributed by atoms with Crippen molar-refractivity contribution in [1.29, 1.82) is 0 Å². The Hall–Kier alpha value is -5.76. The van der Waals surface area contributed by atoms with Gasteiger partial charge >= 0.3 is 0 Å². The lowest BCUT2D eigenvalue weighted by Gasteiger charge is -2.48. The van der Waals surface area contributed by atoms with Crippen LogP contribution in [0.4, 0.5) is 8.78 Å². The molecule has 10 rings (SSSR count). The van der Waals surface area contributed by atoms with Crippen molar-refractivity contribution in [1.82, 2.24) is 79.9 Å². The zero-order valence-electron chi connectivity index (χ0n) is 32.4. The molecule has 2 saturated heterocycles. The molecule has 8 heterocycles. The molecule has 4 N–H and O–H groups in total. The first-order valence-electron chi connectivity index (χ1n) is 19.8. The summed E-state index contributed by atoms with van der Waals surface area (Å²) >= 11 is 0. The van der Waals surface area contributed by atoms with Gasteiger partial charge in [0.15, 0.2) is 11.4 Å². The number of halogens is 2. The maximum Gasteiger partial charge on any atom is 0.272 e. The lowest BCUT2D eigenvalue weighted by molar-refractivity contribution is -0.0540. The van der Waals surface area contributed by atoms with E-state index in [1.54, 1.807) is 72.8 Å². The monoisotopic (exact) mass is 796 g/mol. The highest BCUT2D eigenvalue weighted by Crippen LogP contribution is 2.34. The second-order valence-corrected chi connectivity index (χ2v) is 16.5. The van der Waals surface area contributed by atoms with Crippen LogP contribution in [0.2, 0.25) is 0 Å². The molecule has 0 spiro atoms. The minimum absolute atomic E-state index is 0.0846. The van der Waals surface area contributed by atoms with E-state index in [1.165, 1.54) is 0 Å². The van der Waals surface area contributed by atoms with Crippen molar-refractivity contribution in [2.45, 2.75) is 101 Å². The topological polar surface area (TPSA) is 209 Å². The lowest BCUT2D eigenvalue weighted by atomic mass is 9.86. The van der Waals surface area contributed by atoms with Crippen LogP contribution in [-0.2, 0) is 0 Å². The molecule has 6 aromatic heterocycles. The van der Waals surface area contributed by atoms with E-state index < -0.39 is 11.3 Å². The molecule has 4 aliphatic rings. The zero-order valence-corrected chi connectivity index (χ0v) is 32.4. The maximum atomic E-state index is 13.8. The van der Waals surface area contributed by atoms with Gasteiger partial charge in [-0.1, -0.05) is 0 Å². The Bertz CT molecular complexity index is 2190. The molecule has 304 valence electrons. The molecule has 58 heavy (non-hydrogen) atoms. The largest absolute Gasteiger partial charge is 0.348 e. The summed E-state index contributed by atoms with van der Waals surface area (Å²) in [5.41, 5.74) is 0.643. The number of carbonyl (C=O) groups is 2. The quantitative estimate of drug-likeness (QED) is 0.175. The number of likely N-dealkylation sites (tertiary alicyclic amines) is 2. The second kappa shape index (κ2) is 15.2. The first kappa shape index (κ1) is 37.8. The standard InChI is InChI=1S/2C19H23FN8O/c2*1-19(20)9-28(10-19)13-4-2-12(3-5-13)23-17(29)16-15-14(8-22-26-15)24-18(25-16)27-7-6-21-11-27/h2*6-8,11-13H,2-5,9-10H2,1H3,(H,22,26)(H,23,29). The van der Waals surface area contributed by atoms with Crippen LogP contribution in [0.3, 0.4) is 0 Å². The summed E-state index contributed by atoms with van der Waals surface area (Å²) in [6.45, 7) is 5.39. The fourth-order valence-corrected chi connectivity index (χ4v) is 8.77. The molecule has 2 aliphatic carbocycles. The van der Waals surface area contributed by atoms with Gasteiger partial charge in [-0.25, -0.2) is 38.7 Å². The van der Waals surface area contributed by atoms with Gasteiger partial charge in [0.1, 0.15) is 46.1 Å². The van der Waals surface area contributed by atoms with E-state index in [0.29, 0.717) is 72.2 Å². The molecule has 18 nitrogen and oxygen atoms in total. The summed E-state index contributed by atoms with van der Waals surface area (Å²) in [6, 6.07) is 0.999. The van der Waals surface area contributed by atoms with Gasteiger partial charge in [0, 0.05) is 75.1 Å². The third kappa shape index (κ3) is 7.89. The van der Waals surface area contributed by atoms with Gasteiger partial charge in [0.05, 0.1) is 12.4 Å². The number of aromatic nitrogens is 12. The van der Waals surface area contributed by atoms with Gasteiger partial charge in [0.2, 0.25) is 11.9 Å². The number of imidazole rings is 2. The van der Waals surface area contributed by atoms with Crippen molar-refractivity contribution < 1.29 is 18.4 Å². The molecular weight excluding hydrogens is 751 g/mol. The number of hydrogen-bond donors (Lipinski definition) is 4. The van der Waals surface area contributed by atoms with E-state index in [1.807, 2.05) is 0 Å². The van der Waals surface area contributed by atoms with Crippen LogP contribution in [0.1, 0.15) is 86.2 Å². The summed E-state index contributed by atoms with van der Waals surface area (Å²) in [4.78, 5) is 56.1. The highest BCUT2D eigenvalue weighted by atomic mass is 19.1. The first-order valence-corrected chi connectivity index (χ1v) is 19.8.